The van der Waals surface area contributed by atoms with Crippen molar-refractivity contribution in [3.63, 3.8) is 0 Å². The second-order valence-electron chi connectivity index (χ2n) is 5.87. The zero-order chi connectivity index (χ0) is 18.7. The van der Waals surface area contributed by atoms with Gasteiger partial charge in [0.25, 0.3) is 5.91 Å². The summed E-state index contributed by atoms with van der Waals surface area (Å²) in [5.74, 6) is 0.589. The highest BCUT2D eigenvalue weighted by Gasteiger charge is 2.19. The Hall–Kier alpha value is -3.02. The number of fused-ring (bicyclic) bond motifs is 1. The van der Waals surface area contributed by atoms with Crippen LogP contribution in [0.4, 0.5) is 4.39 Å². The SMILES string of the molecule is COc1ccc(CCNC(=O)c2oc3c(F)cccc3c2C)cc1OC. The van der Waals surface area contributed by atoms with E-state index >= 15 is 0 Å². The van der Waals surface area contributed by atoms with Gasteiger partial charge in [-0.25, -0.2) is 4.39 Å². The van der Waals surface area contributed by atoms with Crippen molar-refractivity contribution in [2.75, 3.05) is 20.8 Å². The third kappa shape index (κ3) is 3.35. The van der Waals surface area contributed by atoms with Crippen molar-refractivity contribution in [3.8, 4) is 11.5 Å². The molecule has 0 fully saturated rings. The molecule has 136 valence electrons. The van der Waals surface area contributed by atoms with Crippen LogP contribution in [0.3, 0.4) is 0 Å². The third-order valence-electron chi connectivity index (χ3n) is 4.27. The first kappa shape index (κ1) is 17.8. The van der Waals surface area contributed by atoms with Crippen LogP contribution >= 0.6 is 0 Å². The lowest BCUT2D eigenvalue weighted by molar-refractivity contribution is 0.0927. The molecular weight excluding hydrogens is 337 g/mol. The van der Waals surface area contributed by atoms with Gasteiger partial charge in [0.2, 0.25) is 0 Å². The highest BCUT2D eigenvalue weighted by molar-refractivity contribution is 5.99. The molecule has 1 amide bonds. The summed E-state index contributed by atoms with van der Waals surface area (Å²) in [5.41, 5.74) is 1.73. The van der Waals surface area contributed by atoms with Crippen LogP contribution in [0.2, 0.25) is 0 Å². The molecule has 0 saturated heterocycles. The number of amides is 1. The van der Waals surface area contributed by atoms with Crippen LogP contribution in [0, 0.1) is 12.7 Å². The number of halogens is 1. The molecule has 6 heteroatoms. The number of carbonyl (C=O) groups excluding carboxylic acids is 1. The van der Waals surface area contributed by atoms with Crippen LogP contribution in [0.15, 0.2) is 40.8 Å². The Bertz CT molecular complexity index is 948. The first-order valence-corrected chi connectivity index (χ1v) is 8.22. The Balaban J connectivity index is 1.68. The van der Waals surface area contributed by atoms with Crippen molar-refractivity contribution >= 4 is 16.9 Å². The number of hydrogen-bond donors (Lipinski definition) is 1. The average Bonchev–Trinajstić information content (AvgIpc) is 3.00. The zero-order valence-electron chi connectivity index (χ0n) is 14.9. The summed E-state index contributed by atoms with van der Waals surface area (Å²) >= 11 is 0. The molecule has 0 spiro atoms. The van der Waals surface area contributed by atoms with Gasteiger partial charge in [-0.2, -0.15) is 0 Å². The fourth-order valence-electron chi connectivity index (χ4n) is 2.86. The minimum absolute atomic E-state index is 0.107. The second-order valence-corrected chi connectivity index (χ2v) is 5.87. The van der Waals surface area contributed by atoms with E-state index in [-0.39, 0.29) is 17.3 Å². The van der Waals surface area contributed by atoms with Gasteiger partial charge in [-0.05, 0) is 37.1 Å². The summed E-state index contributed by atoms with van der Waals surface area (Å²) in [6.07, 6.45) is 0.611. The van der Waals surface area contributed by atoms with Gasteiger partial charge in [0.05, 0.1) is 14.2 Å². The summed E-state index contributed by atoms with van der Waals surface area (Å²) in [7, 11) is 3.16. The molecule has 0 aliphatic rings. The van der Waals surface area contributed by atoms with Crippen molar-refractivity contribution in [1.82, 2.24) is 5.32 Å². The smallest absolute Gasteiger partial charge is 0.287 e. The van der Waals surface area contributed by atoms with Gasteiger partial charge in [0.1, 0.15) is 0 Å². The van der Waals surface area contributed by atoms with Crippen molar-refractivity contribution in [2.24, 2.45) is 0 Å². The van der Waals surface area contributed by atoms with Gasteiger partial charge in [-0.3, -0.25) is 4.79 Å². The first-order valence-electron chi connectivity index (χ1n) is 8.22. The van der Waals surface area contributed by atoms with E-state index in [1.807, 2.05) is 18.2 Å². The standard InChI is InChI=1S/C20H20FNO4/c1-12-14-5-4-6-15(21)19(14)26-18(12)20(23)22-10-9-13-7-8-16(24-2)17(11-13)25-3/h4-8,11H,9-10H2,1-3H3,(H,22,23). The number of hydrogen-bond acceptors (Lipinski definition) is 4. The molecule has 0 unspecified atom stereocenters. The van der Waals surface area contributed by atoms with E-state index in [4.69, 9.17) is 13.9 Å². The van der Waals surface area contributed by atoms with Crippen LogP contribution in [0.1, 0.15) is 21.7 Å². The minimum Gasteiger partial charge on any atom is -0.493 e. The molecule has 26 heavy (non-hydrogen) atoms. The van der Waals surface area contributed by atoms with E-state index in [1.54, 1.807) is 33.3 Å². The number of furan rings is 1. The molecular formula is C20H20FNO4. The summed E-state index contributed by atoms with van der Waals surface area (Å²) in [6.45, 7) is 2.15. The molecule has 0 radical (unpaired) electrons. The molecule has 5 nitrogen and oxygen atoms in total. The maximum atomic E-state index is 13.8. The number of carbonyl (C=O) groups is 1. The van der Waals surface area contributed by atoms with Crippen LogP contribution in [-0.2, 0) is 6.42 Å². The van der Waals surface area contributed by atoms with Crippen LogP contribution in [-0.4, -0.2) is 26.7 Å². The normalized spacial score (nSPS) is 10.8. The Morgan fingerprint density at radius 1 is 1.15 bits per heavy atom. The van der Waals surface area contributed by atoms with Crippen molar-refractivity contribution in [3.05, 3.63) is 59.1 Å². The predicted octanol–water partition coefficient (Wildman–Crippen LogP) is 3.87. The van der Waals surface area contributed by atoms with Gasteiger partial charge in [0.15, 0.2) is 28.7 Å². The van der Waals surface area contributed by atoms with Crippen molar-refractivity contribution < 1.29 is 23.1 Å². The fraction of sp³-hybridized carbons (Fsp3) is 0.250. The van der Waals surface area contributed by atoms with E-state index in [1.165, 1.54) is 6.07 Å². The number of aryl methyl sites for hydroxylation is 1. The highest BCUT2D eigenvalue weighted by atomic mass is 19.1. The van der Waals surface area contributed by atoms with E-state index in [0.29, 0.717) is 35.4 Å². The maximum absolute atomic E-state index is 13.8. The number of para-hydroxylation sites is 1. The predicted molar refractivity (Wildman–Crippen MR) is 96.5 cm³/mol. The minimum atomic E-state index is -0.477. The Kier molecular flexibility index (Phi) is 5.11. The van der Waals surface area contributed by atoms with Crippen LogP contribution in [0.25, 0.3) is 11.0 Å². The van der Waals surface area contributed by atoms with Crippen molar-refractivity contribution in [2.45, 2.75) is 13.3 Å². The largest absolute Gasteiger partial charge is 0.493 e. The molecule has 1 aromatic heterocycles. The van der Waals surface area contributed by atoms with Crippen LogP contribution in [0.5, 0.6) is 11.5 Å². The van der Waals surface area contributed by atoms with Crippen LogP contribution < -0.4 is 14.8 Å². The summed E-state index contributed by atoms with van der Waals surface area (Å²) in [5, 5.41) is 3.41. The van der Waals surface area contributed by atoms with Gasteiger partial charge in [-0.15, -0.1) is 0 Å². The fourth-order valence-corrected chi connectivity index (χ4v) is 2.86. The number of methoxy groups -OCH3 is 2. The Morgan fingerprint density at radius 3 is 2.62 bits per heavy atom. The molecule has 2 aromatic carbocycles. The molecule has 0 aliphatic carbocycles. The highest BCUT2D eigenvalue weighted by Crippen LogP contribution is 2.28. The average molecular weight is 357 g/mol. The summed E-state index contributed by atoms with van der Waals surface area (Å²) in [6, 6.07) is 10.2. The summed E-state index contributed by atoms with van der Waals surface area (Å²) in [4.78, 5) is 12.4. The van der Waals surface area contributed by atoms with E-state index in [0.717, 1.165) is 5.56 Å². The van der Waals surface area contributed by atoms with Gasteiger partial charge >= 0.3 is 0 Å². The number of rotatable bonds is 6. The van der Waals surface area contributed by atoms with E-state index in [9.17, 15) is 9.18 Å². The Labute approximate surface area is 150 Å². The molecule has 0 aliphatic heterocycles. The first-order chi connectivity index (χ1) is 12.5. The number of benzene rings is 2. The third-order valence-corrected chi connectivity index (χ3v) is 4.27. The van der Waals surface area contributed by atoms with Crippen molar-refractivity contribution in [1.29, 1.82) is 0 Å². The summed E-state index contributed by atoms with van der Waals surface area (Å²) < 4.78 is 29.7. The quantitative estimate of drug-likeness (QED) is 0.727. The van der Waals surface area contributed by atoms with E-state index < -0.39 is 5.82 Å². The molecule has 1 heterocycles. The Morgan fingerprint density at radius 2 is 1.92 bits per heavy atom. The maximum Gasteiger partial charge on any atom is 0.287 e. The van der Waals surface area contributed by atoms with Gasteiger partial charge in [0, 0.05) is 17.5 Å². The van der Waals surface area contributed by atoms with E-state index in [2.05, 4.69) is 5.32 Å². The molecule has 1 N–H and O–H groups in total. The number of ether oxygens (including phenoxy) is 2. The lowest BCUT2D eigenvalue weighted by Crippen LogP contribution is -2.25. The van der Waals surface area contributed by atoms with Gasteiger partial charge < -0.3 is 19.2 Å². The monoisotopic (exact) mass is 357 g/mol. The molecule has 3 aromatic rings. The molecule has 0 atom stereocenters. The zero-order valence-corrected chi connectivity index (χ0v) is 14.9. The second kappa shape index (κ2) is 7.47. The van der Waals surface area contributed by atoms with Gasteiger partial charge in [-0.1, -0.05) is 18.2 Å². The number of nitrogens with one attached hydrogen (secondary N) is 1. The molecule has 3 rings (SSSR count). The molecule has 0 saturated carbocycles. The molecule has 0 bridgehead atoms. The lowest BCUT2D eigenvalue weighted by Gasteiger charge is -2.10. The lowest BCUT2D eigenvalue weighted by atomic mass is 10.1. The topological polar surface area (TPSA) is 60.7 Å².